The highest BCUT2D eigenvalue weighted by atomic mass is 32.1. The predicted octanol–water partition coefficient (Wildman–Crippen LogP) is 0.244. The van der Waals surface area contributed by atoms with Crippen molar-refractivity contribution in [1.82, 2.24) is 0 Å². The van der Waals surface area contributed by atoms with E-state index in [4.69, 9.17) is 9.84 Å². The SMILES string of the molecule is COCOC(S)C(C)O. The van der Waals surface area contributed by atoms with E-state index in [1.54, 1.807) is 6.92 Å². The summed E-state index contributed by atoms with van der Waals surface area (Å²) in [7, 11) is 1.52. The molecular formula is C5H12O3S. The number of aliphatic hydroxyl groups excluding tert-OH is 1. The second kappa shape index (κ2) is 5.05. The van der Waals surface area contributed by atoms with Gasteiger partial charge in [0.2, 0.25) is 0 Å². The van der Waals surface area contributed by atoms with E-state index in [1.807, 2.05) is 0 Å². The number of aliphatic hydroxyl groups is 1. The van der Waals surface area contributed by atoms with Crippen molar-refractivity contribution in [2.24, 2.45) is 0 Å². The zero-order valence-corrected chi connectivity index (χ0v) is 6.47. The molecule has 56 valence electrons. The molecule has 0 aromatic rings. The second-order valence-electron chi connectivity index (χ2n) is 1.70. The summed E-state index contributed by atoms with van der Waals surface area (Å²) in [5, 5.41) is 8.79. The molecule has 9 heavy (non-hydrogen) atoms. The molecule has 0 rings (SSSR count). The topological polar surface area (TPSA) is 38.7 Å². The molecule has 0 fully saturated rings. The third-order valence-corrected chi connectivity index (χ3v) is 1.35. The molecule has 0 aliphatic carbocycles. The number of rotatable bonds is 4. The maximum Gasteiger partial charge on any atom is 0.147 e. The van der Waals surface area contributed by atoms with E-state index in [-0.39, 0.29) is 6.79 Å². The summed E-state index contributed by atoms with van der Waals surface area (Å²) in [6.07, 6.45) is -0.566. The van der Waals surface area contributed by atoms with Crippen molar-refractivity contribution in [1.29, 1.82) is 0 Å². The van der Waals surface area contributed by atoms with Gasteiger partial charge in [0.25, 0.3) is 0 Å². The first-order valence-electron chi connectivity index (χ1n) is 2.65. The molecule has 0 aliphatic heterocycles. The fourth-order valence-electron chi connectivity index (χ4n) is 0.277. The monoisotopic (exact) mass is 152 g/mol. The van der Waals surface area contributed by atoms with Crippen molar-refractivity contribution in [2.75, 3.05) is 13.9 Å². The van der Waals surface area contributed by atoms with E-state index in [1.165, 1.54) is 7.11 Å². The summed E-state index contributed by atoms with van der Waals surface area (Å²) in [6, 6.07) is 0. The smallest absolute Gasteiger partial charge is 0.147 e. The Hall–Kier alpha value is 0.230. The minimum atomic E-state index is -0.566. The van der Waals surface area contributed by atoms with Gasteiger partial charge in [-0.3, -0.25) is 0 Å². The number of hydrogen-bond acceptors (Lipinski definition) is 4. The van der Waals surface area contributed by atoms with Crippen LogP contribution < -0.4 is 0 Å². The lowest BCUT2D eigenvalue weighted by Gasteiger charge is -2.13. The van der Waals surface area contributed by atoms with Crippen LogP contribution in [0.15, 0.2) is 0 Å². The van der Waals surface area contributed by atoms with Crippen LogP contribution in [0.1, 0.15) is 6.92 Å². The molecule has 0 bridgehead atoms. The van der Waals surface area contributed by atoms with Gasteiger partial charge in [-0.25, -0.2) is 0 Å². The van der Waals surface area contributed by atoms with Crippen LogP contribution >= 0.6 is 12.6 Å². The Kier molecular flexibility index (Phi) is 5.18. The van der Waals surface area contributed by atoms with E-state index in [9.17, 15) is 0 Å². The molecule has 0 spiro atoms. The lowest BCUT2D eigenvalue weighted by molar-refractivity contribution is -0.0719. The van der Waals surface area contributed by atoms with E-state index in [0.717, 1.165) is 0 Å². The van der Waals surface area contributed by atoms with E-state index < -0.39 is 11.5 Å². The molecule has 3 nitrogen and oxygen atoms in total. The van der Waals surface area contributed by atoms with Gasteiger partial charge in [-0.05, 0) is 6.92 Å². The van der Waals surface area contributed by atoms with Gasteiger partial charge in [0.05, 0.1) is 6.10 Å². The second-order valence-corrected chi connectivity index (χ2v) is 2.21. The first kappa shape index (κ1) is 9.23. The van der Waals surface area contributed by atoms with Gasteiger partial charge < -0.3 is 14.6 Å². The Morgan fingerprint density at radius 1 is 1.67 bits per heavy atom. The number of thiol groups is 1. The molecule has 4 heteroatoms. The molecule has 0 aromatic heterocycles. The number of hydrogen-bond donors (Lipinski definition) is 2. The molecule has 0 saturated heterocycles. The van der Waals surface area contributed by atoms with E-state index in [0.29, 0.717) is 0 Å². The molecule has 0 amide bonds. The molecular weight excluding hydrogens is 140 g/mol. The summed E-state index contributed by atoms with van der Waals surface area (Å²) in [5.41, 5.74) is -0.454. The van der Waals surface area contributed by atoms with Crippen LogP contribution in [0.4, 0.5) is 0 Å². The average Bonchev–Trinajstić information content (AvgIpc) is 1.82. The molecule has 2 unspecified atom stereocenters. The molecule has 0 aliphatic rings. The molecule has 0 radical (unpaired) electrons. The predicted molar refractivity (Wildman–Crippen MR) is 37.4 cm³/mol. The van der Waals surface area contributed by atoms with Crippen LogP contribution in [0.3, 0.4) is 0 Å². The Labute approximate surface area is 60.4 Å². The van der Waals surface area contributed by atoms with E-state index in [2.05, 4.69) is 17.4 Å². The van der Waals surface area contributed by atoms with Crippen molar-refractivity contribution >= 4 is 12.6 Å². The fraction of sp³-hybridized carbons (Fsp3) is 1.00. The number of methoxy groups -OCH3 is 1. The third-order valence-electron chi connectivity index (χ3n) is 0.769. The minimum absolute atomic E-state index is 0.166. The summed E-state index contributed by atoms with van der Waals surface area (Å²) in [5.74, 6) is 0. The zero-order chi connectivity index (χ0) is 7.28. The molecule has 2 atom stereocenters. The zero-order valence-electron chi connectivity index (χ0n) is 5.57. The Morgan fingerprint density at radius 2 is 2.22 bits per heavy atom. The van der Waals surface area contributed by atoms with Crippen LogP contribution in [0, 0.1) is 0 Å². The van der Waals surface area contributed by atoms with Gasteiger partial charge in [-0.15, -0.1) is 12.6 Å². The standard InChI is InChI=1S/C5H12O3S/c1-4(6)5(9)8-3-7-2/h4-6,9H,3H2,1-2H3. The highest BCUT2D eigenvalue weighted by Crippen LogP contribution is 2.02. The summed E-state index contributed by atoms with van der Waals surface area (Å²) in [6.45, 7) is 1.77. The quantitative estimate of drug-likeness (QED) is 0.448. The lowest BCUT2D eigenvalue weighted by Crippen LogP contribution is -2.21. The average molecular weight is 152 g/mol. The van der Waals surface area contributed by atoms with Crippen LogP contribution in [-0.4, -0.2) is 30.5 Å². The summed E-state index contributed by atoms with van der Waals surface area (Å²) < 4.78 is 9.42. The number of ether oxygens (including phenoxy) is 2. The van der Waals surface area contributed by atoms with Crippen LogP contribution in [0.5, 0.6) is 0 Å². The summed E-state index contributed by atoms with van der Waals surface area (Å²) in [4.78, 5) is 0. The van der Waals surface area contributed by atoms with Gasteiger partial charge in [0, 0.05) is 7.11 Å². The van der Waals surface area contributed by atoms with Gasteiger partial charge in [0.15, 0.2) is 0 Å². The Balaban J connectivity index is 3.16. The largest absolute Gasteiger partial charge is 0.390 e. The van der Waals surface area contributed by atoms with E-state index >= 15 is 0 Å². The van der Waals surface area contributed by atoms with Crippen molar-refractivity contribution in [3.05, 3.63) is 0 Å². The van der Waals surface area contributed by atoms with Crippen molar-refractivity contribution in [3.63, 3.8) is 0 Å². The Morgan fingerprint density at radius 3 is 2.56 bits per heavy atom. The van der Waals surface area contributed by atoms with Crippen LogP contribution in [-0.2, 0) is 9.47 Å². The van der Waals surface area contributed by atoms with Crippen molar-refractivity contribution in [3.8, 4) is 0 Å². The molecule has 0 saturated carbocycles. The third kappa shape index (κ3) is 4.72. The normalized spacial score (nSPS) is 17.3. The first-order valence-corrected chi connectivity index (χ1v) is 3.16. The van der Waals surface area contributed by atoms with Gasteiger partial charge >= 0.3 is 0 Å². The van der Waals surface area contributed by atoms with Crippen LogP contribution in [0.25, 0.3) is 0 Å². The summed E-state index contributed by atoms with van der Waals surface area (Å²) >= 11 is 3.91. The highest BCUT2D eigenvalue weighted by Gasteiger charge is 2.08. The highest BCUT2D eigenvalue weighted by molar-refractivity contribution is 7.80. The fourth-order valence-corrected chi connectivity index (χ4v) is 0.338. The van der Waals surface area contributed by atoms with Gasteiger partial charge in [-0.2, -0.15) is 0 Å². The first-order chi connectivity index (χ1) is 4.18. The van der Waals surface area contributed by atoms with Crippen molar-refractivity contribution in [2.45, 2.75) is 18.5 Å². The van der Waals surface area contributed by atoms with Crippen molar-refractivity contribution < 1.29 is 14.6 Å². The lowest BCUT2D eigenvalue weighted by atomic mass is 10.4. The van der Waals surface area contributed by atoms with Gasteiger partial charge in [-0.1, -0.05) is 0 Å². The molecule has 0 aromatic carbocycles. The van der Waals surface area contributed by atoms with Crippen LogP contribution in [0.2, 0.25) is 0 Å². The maximum absolute atomic E-state index is 8.79. The maximum atomic E-state index is 8.79. The molecule has 0 heterocycles. The van der Waals surface area contributed by atoms with Gasteiger partial charge in [0.1, 0.15) is 12.2 Å². The molecule has 1 N–H and O–H groups in total. The minimum Gasteiger partial charge on any atom is -0.390 e. The Bertz CT molecular complexity index is 67.2.